The highest BCUT2D eigenvalue weighted by Crippen LogP contribution is 2.36. The van der Waals surface area contributed by atoms with E-state index >= 15 is 0 Å². The summed E-state index contributed by atoms with van der Waals surface area (Å²) in [4.78, 5) is 0. The molecule has 0 aromatic heterocycles. The number of nitrogens with one attached hydrogen (secondary N) is 2. The van der Waals surface area contributed by atoms with Crippen LogP contribution in [-0.4, -0.2) is 18.1 Å². The second kappa shape index (κ2) is 10.1. The molecule has 3 rings (SSSR count). The maximum Gasteiger partial charge on any atom is 0.416 e. The fourth-order valence-electron chi connectivity index (χ4n) is 5.08. The van der Waals surface area contributed by atoms with Gasteiger partial charge in [0.15, 0.2) is 0 Å². The summed E-state index contributed by atoms with van der Waals surface area (Å²) in [6.45, 7) is 2.09. The van der Waals surface area contributed by atoms with Crippen molar-refractivity contribution in [3.05, 3.63) is 34.9 Å². The number of alkyl halides is 6. The van der Waals surface area contributed by atoms with E-state index in [1.54, 1.807) is 0 Å². The summed E-state index contributed by atoms with van der Waals surface area (Å²) in [6.07, 6.45) is 0.411. The molecule has 1 aromatic carbocycles. The topological polar surface area (TPSA) is 24.1 Å². The summed E-state index contributed by atoms with van der Waals surface area (Å²) < 4.78 is 78.6. The Hall–Kier alpha value is -1.28. The van der Waals surface area contributed by atoms with Crippen LogP contribution in [0.4, 0.5) is 26.3 Å². The molecule has 3 atom stereocenters. The third-order valence-corrected chi connectivity index (χ3v) is 6.69. The van der Waals surface area contributed by atoms with Crippen molar-refractivity contribution in [2.75, 3.05) is 0 Å². The van der Waals surface area contributed by atoms with Gasteiger partial charge in [0.25, 0.3) is 0 Å². The normalized spacial score (nSPS) is 26.2. The van der Waals surface area contributed by atoms with Gasteiger partial charge in [-0.2, -0.15) is 26.3 Å². The van der Waals surface area contributed by atoms with Gasteiger partial charge in [0, 0.05) is 24.7 Å². The molecule has 1 aliphatic heterocycles. The fraction of sp³-hybridized carbons (Fsp3) is 0.739. The van der Waals surface area contributed by atoms with Crippen LogP contribution in [-0.2, 0) is 18.9 Å². The monoisotopic (exact) mass is 450 g/mol. The van der Waals surface area contributed by atoms with Gasteiger partial charge < -0.3 is 10.6 Å². The Morgan fingerprint density at radius 1 is 0.871 bits per heavy atom. The van der Waals surface area contributed by atoms with E-state index in [0.29, 0.717) is 18.0 Å². The van der Waals surface area contributed by atoms with E-state index in [-0.39, 0.29) is 24.2 Å². The van der Waals surface area contributed by atoms with Crippen LogP contribution in [0.25, 0.3) is 0 Å². The number of piperidine rings is 1. The lowest BCUT2D eigenvalue weighted by Gasteiger charge is -2.38. The summed E-state index contributed by atoms with van der Waals surface area (Å²) in [5, 5.41) is 6.95. The molecule has 0 amide bonds. The van der Waals surface area contributed by atoms with Crippen molar-refractivity contribution in [3.63, 3.8) is 0 Å². The molecular formula is C23H32F6N2. The second-order valence-corrected chi connectivity index (χ2v) is 9.17. The van der Waals surface area contributed by atoms with E-state index in [9.17, 15) is 26.3 Å². The van der Waals surface area contributed by atoms with Gasteiger partial charge >= 0.3 is 12.4 Å². The predicted molar refractivity (Wildman–Crippen MR) is 109 cm³/mol. The van der Waals surface area contributed by atoms with Crippen LogP contribution >= 0.6 is 0 Å². The Balaban J connectivity index is 1.67. The minimum atomic E-state index is -4.82. The summed E-state index contributed by atoms with van der Waals surface area (Å²) in [6, 6.07) is 2.55. The van der Waals surface area contributed by atoms with Gasteiger partial charge in [0.1, 0.15) is 0 Å². The van der Waals surface area contributed by atoms with Gasteiger partial charge in [-0.3, -0.25) is 0 Å². The van der Waals surface area contributed by atoms with E-state index in [1.807, 2.05) is 0 Å². The third kappa shape index (κ3) is 7.11. The maximum atomic E-state index is 13.1. The Morgan fingerprint density at radius 3 is 2.00 bits per heavy atom. The molecule has 2 aliphatic rings. The first-order valence-corrected chi connectivity index (χ1v) is 11.3. The fourth-order valence-corrected chi connectivity index (χ4v) is 5.08. The first kappa shape index (κ1) is 24.4. The molecule has 1 aliphatic carbocycles. The van der Waals surface area contributed by atoms with E-state index in [0.717, 1.165) is 37.8 Å². The van der Waals surface area contributed by atoms with Gasteiger partial charge in [-0.25, -0.2) is 0 Å². The lowest BCUT2D eigenvalue weighted by molar-refractivity contribution is -0.143. The van der Waals surface area contributed by atoms with E-state index < -0.39 is 23.5 Å². The number of hydrogen-bond donors (Lipinski definition) is 2. The summed E-state index contributed by atoms with van der Waals surface area (Å²) in [5.74, 6) is 0.709. The van der Waals surface area contributed by atoms with Crippen molar-refractivity contribution in [2.24, 2.45) is 5.92 Å². The zero-order valence-electron chi connectivity index (χ0n) is 17.9. The molecule has 31 heavy (non-hydrogen) atoms. The number of benzene rings is 1. The number of rotatable bonds is 6. The summed E-state index contributed by atoms with van der Waals surface area (Å²) in [5.41, 5.74) is -2.50. The highest BCUT2D eigenvalue weighted by Gasteiger charge is 2.37. The van der Waals surface area contributed by atoms with Crippen LogP contribution in [0.15, 0.2) is 18.2 Å². The van der Waals surface area contributed by atoms with Crippen molar-refractivity contribution >= 4 is 0 Å². The highest BCUT2D eigenvalue weighted by atomic mass is 19.4. The minimum absolute atomic E-state index is 0.00967. The van der Waals surface area contributed by atoms with Gasteiger partial charge in [0.05, 0.1) is 11.1 Å². The number of halogens is 6. The summed E-state index contributed by atoms with van der Waals surface area (Å²) in [7, 11) is 0. The lowest BCUT2D eigenvalue weighted by Crippen LogP contribution is -2.51. The van der Waals surface area contributed by atoms with Crippen LogP contribution in [0, 0.1) is 5.92 Å². The van der Waals surface area contributed by atoms with Crippen LogP contribution < -0.4 is 10.6 Å². The molecule has 1 aromatic rings. The van der Waals surface area contributed by atoms with Crippen molar-refractivity contribution in [1.29, 1.82) is 0 Å². The zero-order valence-corrected chi connectivity index (χ0v) is 17.9. The largest absolute Gasteiger partial charge is 0.416 e. The van der Waals surface area contributed by atoms with Gasteiger partial charge in [-0.05, 0) is 55.4 Å². The molecule has 2 N–H and O–H groups in total. The quantitative estimate of drug-likeness (QED) is 0.472. The minimum Gasteiger partial charge on any atom is -0.311 e. The van der Waals surface area contributed by atoms with Gasteiger partial charge in [-0.15, -0.1) is 0 Å². The molecule has 1 saturated heterocycles. The molecule has 2 nitrogen and oxygen atoms in total. The lowest BCUT2D eigenvalue weighted by atomic mass is 9.81. The standard InChI is InChI=1S/C23H32F6N2/c1-2-19-12-20(13-21(31-19)10-15-6-4-3-5-7-15)30-14-16-8-17(22(24,25)26)11-18(9-16)23(27,28)29/h8-9,11,15,19-21,30-31H,2-7,10,12-14H2,1H3. The molecule has 176 valence electrons. The highest BCUT2D eigenvalue weighted by molar-refractivity contribution is 5.33. The molecule has 8 heteroatoms. The summed E-state index contributed by atoms with van der Waals surface area (Å²) >= 11 is 0. The van der Waals surface area contributed by atoms with Gasteiger partial charge in [0.2, 0.25) is 0 Å². The van der Waals surface area contributed by atoms with Crippen LogP contribution in [0.3, 0.4) is 0 Å². The molecule has 1 saturated carbocycles. The molecule has 0 bridgehead atoms. The van der Waals surface area contributed by atoms with E-state index in [4.69, 9.17) is 0 Å². The van der Waals surface area contributed by atoms with E-state index in [1.165, 1.54) is 32.1 Å². The van der Waals surface area contributed by atoms with Crippen LogP contribution in [0.5, 0.6) is 0 Å². The average molecular weight is 451 g/mol. The smallest absolute Gasteiger partial charge is 0.311 e. The second-order valence-electron chi connectivity index (χ2n) is 9.17. The first-order chi connectivity index (χ1) is 14.5. The SMILES string of the molecule is CCC1CC(NCc2cc(C(F)(F)F)cc(C(F)(F)F)c2)CC(CC2CCCCC2)N1. The van der Waals surface area contributed by atoms with Gasteiger partial charge in [-0.1, -0.05) is 39.0 Å². The van der Waals surface area contributed by atoms with Crippen LogP contribution in [0.2, 0.25) is 0 Å². The van der Waals surface area contributed by atoms with Crippen molar-refractivity contribution in [1.82, 2.24) is 10.6 Å². The first-order valence-electron chi connectivity index (χ1n) is 11.3. The maximum absolute atomic E-state index is 13.1. The molecular weight excluding hydrogens is 418 g/mol. The molecule has 1 heterocycles. The molecule has 3 unspecified atom stereocenters. The van der Waals surface area contributed by atoms with Crippen LogP contribution in [0.1, 0.15) is 81.4 Å². The third-order valence-electron chi connectivity index (χ3n) is 6.69. The number of hydrogen-bond acceptors (Lipinski definition) is 2. The Bertz CT molecular complexity index is 677. The zero-order chi connectivity index (χ0) is 22.6. The Kier molecular flexibility index (Phi) is 7.95. The average Bonchev–Trinajstić information content (AvgIpc) is 2.71. The van der Waals surface area contributed by atoms with Crippen molar-refractivity contribution in [2.45, 2.75) is 102 Å². The Morgan fingerprint density at radius 2 is 1.45 bits per heavy atom. The Labute approximate surface area is 180 Å². The molecule has 2 fully saturated rings. The van der Waals surface area contributed by atoms with Crippen molar-refractivity contribution < 1.29 is 26.3 Å². The van der Waals surface area contributed by atoms with Crippen molar-refractivity contribution in [3.8, 4) is 0 Å². The predicted octanol–water partition coefficient (Wildman–Crippen LogP) is 6.68. The molecule has 0 radical (unpaired) electrons. The van der Waals surface area contributed by atoms with E-state index in [2.05, 4.69) is 17.6 Å². The molecule has 0 spiro atoms.